The number of carbonyl (C=O) groups excluding carboxylic acids is 2. The van der Waals surface area contributed by atoms with Crippen LogP contribution in [0.1, 0.15) is 12.5 Å². The predicted molar refractivity (Wildman–Crippen MR) is 98.9 cm³/mol. The predicted octanol–water partition coefficient (Wildman–Crippen LogP) is 3.61. The molecule has 0 fully saturated rings. The van der Waals surface area contributed by atoms with Gasteiger partial charge in [-0.05, 0) is 36.8 Å². The SMILES string of the molecule is COC(C)(CNC(=O)C(=O)Nc1ccccc1Cl)c1cccc(Cl)c1. The lowest BCUT2D eigenvalue weighted by Crippen LogP contribution is -2.44. The van der Waals surface area contributed by atoms with Crippen molar-refractivity contribution in [2.24, 2.45) is 0 Å². The first kappa shape index (κ1) is 19.2. The fourth-order valence-electron chi connectivity index (χ4n) is 2.18. The van der Waals surface area contributed by atoms with E-state index in [0.29, 0.717) is 15.7 Å². The van der Waals surface area contributed by atoms with E-state index in [1.807, 2.05) is 6.07 Å². The van der Waals surface area contributed by atoms with E-state index in [2.05, 4.69) is 10.6 Å². The fraction of sp³-hybridized carbons (Fsp3) is 0.222. The van der Waals surface area contributed by atoms with E-state index < -0.39 is 17.4 Å². The lowest BCUT2D eigenvalue weighted by atomic mass is 9.95. The first-order chi connectivity index (χ1) is 11.9. The molecule has 0 aliphatic heterocycles. The summed E-state index contributed by atoms with van der Waals surface area (Å²) in [4.78, 5) is 24.1. The molecule has 0 radical (unpaired) electrons. The first-order valence-electron chi connectivity index (χ1n) is 7.50. The van der Waals surface area contributed by atoms with Crippen molar-refractivity contribution >= 4 is 40.7 Å². The average molecular weight is 381 g/mol. The summed E-state index contributed by atoms with van der Waals surface area (Å²) in [5.74, 6) is -1.59. The van der Waals surface area contributed by atoms with Crippen molar-refractivity contribution in [3.63, 3.8) is 0 Å². The summed E-state index contributed by atoms with van der Waals surface area (Å²) in [7, 11) is 1.52. The number of rotatable bonds is 5. The van der Waals surface area contributed by atoms with Gasteiger partial charge in [0.1, 0.15) is 5.60 Å². The van der Waals surface area contributed by atoms with Gasteiger partial charge in [0, 0.05) is 12.1 Å². The molecule has 5 nitrogen and oxygen atoms in total. The zero-order valence-electron chi connectivity index (χ0n) is 13.8. The van der Waals surface area contributed by atoms with Crippen LogP contribution in [-0.4, -0.2) is 25.5 Å². The van der Waals surface area contributed by atoms with Gasteiger partial charge >= 0.3 is 11.8 Å². The van der Waals surface area contributed by atoms with Crippen molar-refractivity contribution in [3.05, 3.63) is 64.1 Å². The maximum absolute atomic E-state index is 12.1. The number of hydrogen-bond donors (Lipinski definition) is 2. The maximum Gasteiger partial charge on any atom is 0.313 e. The standard InChI is InChI=1S/C18H18Cl2N2O3/c1-18(25-2,12-6-5-7-13(19)10-12)11-21-16(23)17(24)22-15-9-4-3-8-14(15)20/h3-10H,11H2,1-2H3,(H,21,23)(H,22,24). The van der Waals surface area contributed by atoms with Gasteiger partial charge in [-0.1, -0.05) is 47.5 Å². The second-order valence-electron chi connectivity index (χ2n) is 5.56. The Bertz CT molecular complexity index is 782. The molecule has 0 heterocycles. The van der Waals surface area contributed by atoms with E-state index in [9.17, 15) is 9.59 Å². The summed E-state index contributed by atoms with van der Waals surface area (Å²) in [6.07, 6.45) is 0. The van der Waals surface area contributed by atoms with E-state index in [0.717, 1.165) is 5.56 Å². The number of para-hydroxylation sites is 1. The lowest BCUT2D eigenvalue weighted by molar-refractivity contribution is -0.137. The van der Waals surface area contributed by atoms with E-state index in [1.54, 1.807) is 49.4 Å². The number of nitrogens with one attached hydrogen (secondary N) is 2. The number of anilines is 1. The normalized spacial score (nSPS) is 13.0. The Morgan fingerprint density at radius 2 is 1.80 bits per heavy atom. The van der Waals surface area contributed by atoms with Crippen molar-refractivity contribution in [3.8, 4) is 0 Å². The van der Waals surface area contributed by atoms with Crippen LogP contribution in [0.3, 0.4) is 0 Å². The van der Waals surface area contributed by atoms with Crippen LogP contribution >= 0.6 is 23.2 Å². The van der Waals surface area contributed by atoms with Crippen LogP contribution in [0.5, 0.6) is 0 Å². The molecule has 2 N–H and O–H groups in total. The third-order valence-electron chi connectivity index (χ3n) is 3.80. The van der Waals surface area contributed by atoms with Crippen LogP contribution < -0.4 is 10.6 Å². The molecule has 0 spiro atoms. The molecule has 2 rings (SSSR count). The van der Waals surface area contributed by atoms with Crippen molar-refractivity contribution in [2.75, 3.05) is 19.0 Å². The average Bonchev–Trinajstić information content (AvgIpc) is 2.61. The summed E-state index contributed by atoms with van der Waals surface area (Å²) < 4.78 is 5.52. The van der Waals surface area contributed by atoms with Crippen LogP contribution in [0.2, 0.25) is 10.0 Å². The Labute approximate surface area is 156 Å². The molecule has 2 aromatic rings. The Hall–Kier alpha value is -2.08. The van der Waals surface area contributed by atoms with Crippen molar-refractivity contribution < 1.29 is 14.3 Å². The number of benzene rings is 2. The van der Waals surface area contributed by atoms with E-state index in [-0.39, 0.29) is 6.54 Å². The molecule has 1 unspecified atom stereocenters. The Morgan fingerprint density at radius 1 is 1.08 bits per heavy atom. The van der Waals surface area contributed by atoms with Crippen LogP contribution in [0.15, 0.2) is 48.5 Å². The molecule has 0 aromatic heterocycles. The number of methoxy groups -OCH3 is 1. The van der Waals surface area contributed by atoms with Crippen LogP contribution in [0.25, 0.3) is 0 Å². The molecule has 2 amide bonds. The molecule has 0 aliphatic rings. The molecule has 1 atom stereocenters. The highest BCUT2D eigenvalue weighted by Crippen LogP contribution is 2.26. The van der Waals surface area contributed by atoms with Crippen LogP contribution in [0, 0.1) is 0 Å². The van der Waals surface area contributed by atoms with Crippen molar-refractivity contribution in [1.29, 1.82) is 0 Å². The highest BCUT2D eigenvalue weighted by molar-refractivity contribution is 6.41. The monoisotopic (exact) mass is 380 g/mol. The molecule has 0 aliphatic carbocycles. The summed E-state index contributed by atoms with van der Waals surface area (Å²) in [5.41, 5.74) is 0.327. The molecule has 0 bridgehead atoms. The van der Waals surface area contributed by atoms with Crippen molar-refractivity contribution in [1.82, 2.24) is 5.32 Å². The fourth-order valence-corrected chi connectivity index (χ4v) is 2.55. The molecule has 2 aromatic carbocycles. The van der Waals surface area contributed by atoms with Gasteiger partial charge < -0.3 is 15.4 Å². The quantitative estimate of drug-likeness (QED) is 0.778. The Morgan fingerprint density at radius 3 is 2.44 bits per heavy atom. The highest BCUT2D eigenvalue weighted by Gasteiger charge is 2.28. The largest absolute Gasteiger partial charge is 0.372 e. The van der Waals surface area contributed by atoms with Gasteiger partial charge in [-0.2, -0.15) is 0 Å². The van der Waals surface area contributed by atoms with Gasteiger partial charge in [0.25, 0.3) is 0 Å². The summed E-state index contributed by atoms with van der Waals surface area (Å²) in [6.45, 7) is 1.89. The van der Waals surface area contributed by atoms with E-state index in [1.165, 1.54) is 7.11 Å². The highest BCUT2D eigenvalue weighted by atomic mass is 35.5. The number of halogens is 2. The summed E-state index contributed by atoms with van der Waals surface area (Å²) in [5, 5.41) is 5.95. The molecular weight excluding hydrogens is 363 g/mol. The number of hydrogen-bond acceptors (Lipinski definition) is 3. The van der Waals surface area contributed by atoms with Crippen LogP contribution in [0.4, 0.5) is 5.69 Å². The zero-order chi connectivity index (χ0) is 18.4. The van der Waals surface area contributed by atoms with Gasteiger partial charge in [0.2, 0.25) is 0 Å². The number of carbonyl (C=O) groups is 2. The van der Waals surface area contributed by atoms with Crippen molar-refractivity contribution in [2.45, 2.75) is 12.5 Å². The molecule has 25 heavy (non-hydrogen) atoms. The minimum absolute atomic E-state index is 0.0959. The minimum atomic E-state index is -0.828. The Balaban J connectivity index is 2.02. The molecular formula is C18H18Cl2N2O3. The topological polar surface area (TPSA) is 67.4 Å². The second kappa shape index (κ2) is 8.34. The second-order valence-corrected chi connectivity index (χ2v) is 6.41. The summed E-state index contributed by atoms with van der Waals surface area (Å²) >= 11 is 12.0. The van der Waals surface area contributed by atoms with Gasteiger partial charge in [-0.3, -0.25) is 9.59 Å². The first-order valence-corrected chi connectivity index (χ1v) is 8.26. The zero-order valence-corrected chi connectivity index (χ0v) is 15.3. The Kier molecular flexibility index (Phi) is 6.42. The lowest BCUT2D eigenvalue weighted by Gasteiger charge is -2.29. The smallest absolute Gasteiger partial charge is 0.313 e. The molecule has 0 saturated carbocycles. The van der Waals surface area contributed by atoms with Crippen LogP contribution in [-0.2, 0) is 19.9 Å². The van der Waals surface area contributed by atoms with E-state index in [4.69, 9.17) is 27.9 Å². The minimum Gasteiger partial charge on any atom is -0.372 e. The molecule has 7 heteroatoms. The number of ether oxygens (including phenoxy) is 1. The third kappa shape index (κ3) is 4.95. The number of amides is 2. The third-order valence-corrected chi connectivity index (χ3v) is 4.37. The van der Waals surface area contributed by atoms with Gasteiger partial charge in [0.05, 0.1) is 17.3 Å². The van der Waals surface area contributed by atoms with E-state index >= 15 is 0 Å². The molecule has 132 valence electrons. The van der Waals surface area contributed by atoms with Gasteiger partial charge in [0.15, 0.2) is 0 Å². The maximum atomic E-state index is 12.1. The van der Waals surface area contributed by atoms with Gasteiger partial charge in [-0.15, -0.1) is 0 Å². The van der Waals surface area contributed by atoms with Gasteiger partial charge in [-0.25, -0.2) is 0 Å². The summed E-state index contributed by atoms with van der Waals surface area (Å²) in [6, 6.07) is 13.8. The molecule has 0 saturated heterocycles.